The molecular weight excluding hydrogens is 813 g/mol. The Morgan fingerprint density at radius 1 is 0.313 bits per heavy atom. The molecule has 324 valence electrons. The molecule has 0 amide bonds. The Kier molecular flexibility index (Phi) is 8.08. The maximum atomic E-state index is 5.63. The molecule has 0 saturated carbocycles. The summed E-state index contributed by atoms with van der Waals surface area (Å²) in [7, 11) is 0. The van der Waals surface area contributed by atoms with Crippen molar-refractivity contribution in [2.45, 2.75) is 77.0 Å². The standard InChI is InChI=1S/C63H52N4/c1-60(2)49-24-14-11-20-42(49)46-34-37(28-32-52(46)60)57-64-58(38-29-33-53-47(35-38)43-21-12-15-25-50(43)61(53,3)4)66-59(65-57)67(39-30-31-44-40-18-9-13-23-48(40)62(5,6)54(44)36-39)55-27-17-22-45-41-19-10-16-26-51(41)63(7,8)56(45)55/h9-36H,1-8H3. The normalized spacial score (nSPS) is 16.2. The first-order chi connectivity index (χ1) is 32.2. The number of anilines is 3. The van der Waals surface area contributed by atoms with E-state index in [0.717, 1.165) is 22.5 Å². The quantitative estimate of drug-likeness (QED) is 0.173. The molecule has 0 aliphatic heterocycles. The summed E-state index contributed by atoms with van der Waals surface area (Å²) in [5.74, 6) is 1.86. The third kappa shape index (κ3) is 5.44. The van der Waals surface area contributed by atoms with Gasteiger partial charge in [-0.2, -0.15) is 9.97 Å². The van der Waals surface area contributed by atoms with E-state index < -0.39 is 0 Å². The molecule has 13 rings (SSSR count). The minimum atomic E-state index is -0.300. The van der Waals surface area contributed by atoms with Gasteiger partial charge in [-0.15, -0.1) is 0 Å². The van der Waals surface area contributed by atoms with Gasteiger partial charge in [0.25, 0.3) is 0 Å². The van der Waals surface area contributed by atoms with Gasteiger partial charge in [-0.3, -0.25) is 4.90 Å². The minimum Gasteiger partial charge on any atom is -0.279 e. The summed E-state index contributed by atoms with van der Waals surface area (Å²) in [6.45, 7) is 18.7. The predicted molar refractivity (Wildman–Crippen MR) is 276 cm³/mol. The van der Waals surface area contributed by atoms with E-state index in [2.05, 4.69) is 230 Å². The summed E-state index contributed by atoms with van der Waals surface area (Å²) in [6, 6.07) is 62.8. The van der Waals surface area contributed by atoms with Crippen LogP contribution in [0.4, 0.5) is 17.3 Å². The monoisotopic (exact) mass is 864 g/mol. The fourth-order valence-electron chi connectivity index (χ4n) is 12.6. The Labute approximate surface area is 394 Å². The molecule has 8 aromatic carbocycles. The van der Waals surface area contributed by atoms with Gasteiger partial charge in [-0.05, 0) is 119 Å². The molecule has 0 N–H and O–H groups in total. The van der Waals surface area contributed by atoms with Crippen LogP contribution in [0.25, 0.3) is 67.3 Å². The molecule has 9 aromatic rings. The number of aromatic nitrogens is 3. The number of hydrogen-bond acceptors (Lipinski definition) is 4. The Bertz CT molecular complexity index is 3480. The zero-order valence-electron chi connectivity index (χ0n) is 39.5. The van der Waals surface area contributed by atoms with Gasteiger partial charge in [-0.1, -0.05) is 195 Å². The van der Waals surface area contributed by atoms with Crippen LogP contribution in [-0.2, 0) is 21.7 Å². The molecule has 0 atom stereocenters. The lowest BCUT2D eigenvalue weighted by atomic mass is 9.81. The van der Waals surface area contributed by atoms with E-state index in [0.29, 0.717) is 17.6 Å². The lowest BCUT2D eigenvalue weighted by molar-refractivity contribution is 0.658. The van der Waals surface area contributed by atoms with Crippen LogP contribution < -0.4 is 4.90 Å². The maximum absolute atomic E-state index is 5.63. The first kappa shape index (κ1) is 39.9. The second-order valence-corrected chi connectivity index (χ2v) is 21.3. The molecule has 1 aromatic heterocycles. The third-order valence-electron chi connectivity index (χ3n) is 16.1. The molecule has 0 unspecified atom stereocenters. The number of rotatable bonds is 5. The van der Waals surface area contributed by atoms with E-state index in [1.807, 2.05) is 0 Å². The van der Waals surface area contributed by atoms with Crippen molar-refractivity contribution in [2.75, 3.05) is 4.90 Å². The highest BCUT2D eigenvalue weighted by molar-refractivity contribution is 5.92. The summed E-state index contributed by atoms with van der Waals surface area (Å²) in [4.78, 5) is 19.1. The second kappa shape index (κ2) is 13.6. The van der Waals surface area contributed by atoms with Crippen molar-refractivity contribution in [2.24, 2.45) is 0 Å². The van der Waals surface area contributed by atoms with Crippen molar-refractivity contribution in [3.8, 4) is 67.3 Å². The molecule has 0 radical (unpaired) electrons. The van der Waals surface area contributed by atoms with E-state index in [4.69, 9.17) is 15.0 Å². The van der Waals surface area contributed by atoms with Crippen LogP contribution in [0.2, 0.25) is 0 Å². The summed E-state index contributed by atoms with van der Waals surface area (Å²) in [5, 5.41) is 0. The van der Waals surface area contributed by atoms with Crippen LogP contribution in [-0.4, -0.2) is 15.0 Å². The molecule has 0 saturated heterocycles. The highest BCUT2D eigenvalue weighted by Crippen LogP contribution is 2.57. The summed E-state index contributed by atoms with van der Waals surface area (Å²) < 4.78 is 0. The maximum Gasteiger partial charge on any atom is 0.238 e. The molecule has 1 heterocycles. The van der Waals surface area contributed by atoms with E-state index in [1.165, 1.54) is 89.0 Å². The average molecular weight is 865 g/mol. The summed E-state index contributed by atoms with van der Waals surface area (Å²) in [6.07, 6.45) is 0. The Balaban J connectivity index is 1.08. The third-order valence-corrected chi connectivity index (χ3v) is 16.1. The number of fused-ring (bicyclic) bond motifs is 12. The van der Waals surface area contributed by atoms with Crippen LogP contribution in [0.1, 0.15) is 99.9 Å². The SMILES string of the molecule is CC1(C)c2ccccc2-c2cc(-c3nc(-c4ccc5c(c4)-c4ccccc4C5(C)C)nc(N(c4ccc5c(c4)C(C)(C)c4ccccc4-5)c4cccc5c4C(C)(C)c4ccccc4-5)n3)ccc21. The fourth-order valence-corrected chi connectivity index (χ4v) is 12.6. The molecule has 67 heavy (non-hydrogen) atoms. The summed E-state index contributed by atoms with van der Waals surface area (Å²) >= 11 is 0. The highest BCUT2D eigenvalue weighted by atomic mass is 15.3. The molecular formula is C63H52N4. The fraction of sp³-hybridized carbons (Fsp3) is 0.190. The number of nitrogens with zero attached hydrogens (tertiary/aromatic N) is 4. The minimum absolute atomic E-state index is 0.121. The van der Waals surface area contributed by atoms with Crippen LogP contribution >= 0.6 is 0 Å². The zero-order valence-corrected chi connectivity index (χ0v) is 39.5. The number of hydrogen-bond donors (Lipinski definition) is 0. The molecule has 4 nitrogen and oxygen atoms in total. The largest absolute Gasteiger partial charge is 0.279 e. The van der Waals surface area contributed by atoms with E-state index >= 15 is 0 Å². The van der Waals surface area contributed by atoms with Gasteiger partial charge >= 0.3 is 0 Å². The predicted octanol–water partition coefficient (Wildman–Crippen LogP) is 15.9. The lowest BCUT2D eigenvalue weighted by Crippen LogP contribution is -2.23. The highest BCUT2D eigenvalue weighted by Gasteiger charge is 2.42. The van der Waals surface area contributed by atoms with Crippen LogP contribution in [0.15, 0.2) is 170 Å². The van der Waals surface area contributed by atoms with Gasteiger partial charge < -0.3 is 0 Å². The van der Waals surface area contributed by atoms with Gasteiger partial charge in [0.1, 0.15) is 0 Å². The van der Waals surface area contributed by atoms with Crippen molar-refractivity contribution in [3.63, 3.8) is 0 Å². The average Bonchev–Trinajstić information content (AvgIpc) is 3.92. The van der Waals surface area contributed by atoms with Crippen LogP contribution in [0.5, 0.6) is 0 Å². The molecule has 4 aliphatic carbocycles. The smallest absolute Gasteiger partial charge is 0.238 e. The summed E-state index contributed by atoms with van der Waals surface area (Å²) in [5.41, 5.74) is 23.9. The van der Waals surface area contributed by atoms with Crippen molar-refractivity contribution >= 4 is 17.3 Å². The Morgan fingerprint density at radius 2 is 0.716 bits per heavy atom. The molecule has 0 fully saturated rings. The topological polar surface area (TPSA) is 41.9 Å². The van der Waals surface area contributed by atoms with Crippen molar-refractivity contribution in [3.05, 3.63) is 214 Å². The molecule has 0 bridgehead atoms. The van der Waals surface area contributed by atoms with Gasteiger partial charge in [-0.25, -0.2) is 4.98 Å². The van der Waals surface area contributed by atoms with Crippen molar-refractivity contribution in [1.82, 2.24) is 15.0 Å². The zero-order chi connectivity index (χ0) is 45.8. The van der Waals surface area contributed by atoms with Gasteiger partial charge in [0, 0.05) is 38.5 Å². The van der Waals surface area contributed by atoms with Gasteiger partial charge in [0.2, 0.25) is 5.95 Å². The van der Waals surface area contributed by atoms with Crippen LogP contribution in [0.3, 0.4) is 0 Å². The van der Waals surface area contributed by atoms with Crippen molar-refractivity contribution in [1.29, 1.82) is 0 Å². The second-order valence-electron chi connectivity index (χ2n) is 21.3. The molecule has 4 aliphatic rings. The van der Waals surface area contributed by atoms with E-state index in [-0.39, 0.29) is 21.7 Å². The first-order valence-electron chi connectivity index (χ1n) is 23.8. The van der Waals surface area contributed by atoms with Gasteiger partial charge in [0.05, 0.1) is 5.69 Å². The first-order valence-corrected chi connectivity index (χ1v) is 23.8. The Hall–Kier alpha value is -7.43. The Morgan fingerprint density at radius 3 is 1.24 bits per heavy atom. The van der Waals surface area contributed by atoms with E-state index in [1.54, 1.807) is 0 Å². The van der Waals surface area contributed by atoms with Gasteiger partial charge in [0.15, 0.2) is 11.6 Å². The van der Waals surface area contributed by atoms with Crippen molar-refractivity contribution < 1.29 is 0 Å². The number of benzene rings is 8. The van der Waals surface area contributed by atoms with Crippen LogP contribution in [0, 0.1) is 0 Å². The van der Waals surface area contributed by atoms with E-state index in [9.17, 15) is 0 Å². The molecule has 0 spiro atoms. The lowest BCUT2D eigenvalue weighted by Gasteiger charge is -2.32. The molecule has 4 heteroatoms.